The molecule has 0 saturated carbocycles. The second-order valence-corrected chi connectivity index (χ2v) is 4.11. The topological polar surface area (TPSA) is 123 Å². The van der Waals surface area contributed by atoms with Crippen LogP contribution in [-0.4, -0.2) is 35.4 Å². The lowest BCUT2D eigenvalue weighted by molar-refractivity contribution is -0.641. The zero-order valence-electron chi connectivity index (χ0n) is 10.6. The minimum absolute atomic E-state index is 0.350. The summed E-state index contributed by atoms with van der Waals surface area (Å²) in [7, 11) is 0. The van der Waals surface area contributed by atoms with Gasteiger partial charge in [-0.25, -0.2) is 0 Å². The Labute approximate surface area is 102 Å². The standard InChI is InChI=1S/C10H25N5O2/c1-2-5-10(6-3-7-11,15(17)14-16)13-9-4-8-12/h13,16H,2-9,11-12H2,1H3. The van der Waals surface area contributed by atoms with E-state index >= 15 is 0 Å². The Hall–Kier alpha value is -0.920. The summed E-state index contributed by atoms with van der Waals surface area (Å²) < 4.78 is 0. The molecule has 0 aromatic rings. The zero-order valence-corrected chi connectivity index (χ0v) is 10.6. The summed E-state index contributed by atoms with van der Waals surface area (Å²) in [5.74, 6) is 0. The van der Waals surface area contributed by atoms with Gasteiger partial charge in [-0.1, -0.05) is 6.92 Å². The molecule has 0 aromatic carbocycles. The van der Waals surface area contributed by atoms with Gasteiger partial charge in [0.05, 0.1) is 0 Å². The lowest BCUT2D eigenvalue weighted by atomic mass is 9.98. The summed E-state index contributed by atoms with van der Waals surface area (Å²) in [4.78, 5) is 0.350. The van der Waals surface area contributed by atoms with E-state index < -0.39 is 5.66 Å². The number of nitrogens with zero attached hydrogens (tertiary/aromatic N) is 2. The van der Waals surface area contributed by atoms with Crippen molar-refractivity contribution in [3.8, 4) is 0 Å². The molecule has 1 atom stereocenters. The van der Waals surface area contributed by atoms with Crippen molar-refractivity contribution in [2.24, 2.45) is 16.7 Å². The Kier molecular flexibility index (Phi) is 8.65. The van der Waals surface area contributed by atoms with Crippen molar-refractivity contribution in [3.63, 3.8) is 0 Å². The molecule has 0 bridgehead atoms. The molecule has 0 radical (unpaired) electrons. The second kappa shape index (κ2) is 9.15. The smallest absolute Gasteiger partial charge is 0.256 e. The van der Waals surface area contributed by atoms with Gasteiger partial charge in [-0.15, -0.1) is 0 Å². The number of hydrogen-bond acceptors (Lipinski definition) is 5. The number of rotatable bonds is 10. The lowest BCUT2D eigenvalue weighted by Gasteiger charge is -2.29. The molecule has 0 fully saturated rings. The number of hydroxylamine groups is 1. The number of hydrogen-bond donors (Lipinski definition) is 4. The molecule has 0 heterocycles. The monoisotopic (exact) mass is 247 g/mol. The van der Waals surface area contributed by atoms with Gasteiger partial charge >= 0.3 is 0 Å². The summed E-state index contributed by atoms with van der Waals surface area (Å²) in [6, 6.07) is 0. The maximum Gasteiger partial charge on any atom is 0.256 e. The van der Waals surface area contributed by atoms with Crippen LogP contribution in [0, 0.1) is 5.21 Å². The van der Waals surface area contributed by atoms with Crippen molar-refractivity contribution in [1.82, 2.24) is 5.32 Å². The molecule has 0 saturated heterocycles. The summed E-state index contributed by atoms with van der Waals surface area (Å²) in [5, 5.41) is 26.3. The molecule has 7 heteroatoms. The SMILES string of the molecule is CCCC(CCCN)(NCCCN)[N+]([O-])=NO. The third-order valence-electron chi connectivity index (χ3n) is 2.74. The first kappa shape index (κ1) is 16.1. The second-order valence-electron chi connectivity index (χ2n) is 4.11. The average Bonchev–Trinajstić information content (AvgIpc) is 2.35. The van der Waals surface area contributed by atoms with Crippen molar-refractivity contribution in [1.29, 1.82) is 0 Å². The summed E-state index contributed by atoms with van der Waals surface area (Å²) in [6.07, 6.45) is 3.44. The highest BCUT2D eigenvalue weighted by atomic mass is 16.6. The third kappa shape index (κ3) is 5.29. The van der Waals surface area contributed by atoms with Crippen molar-refractivity contribution in [2.75, 3.05) is 19.6 Å². The van der Waals surface area contributed by atoms with Crippen LogP contribution in [0.2, 0.25) is 0 Å². The largest absolute Gasteiger partial charge is 0.596 e. The van der Waals surface area contributed by atoms with E-state index in [1.165, 1.54) is 0 Å². The van der Waals surface area contributed by atoms with Crippen LogP contribution in [0.5, 0.6) is 0 Å². The van der Waals surface area contributed by atoms with Crippen LogP contribution >= 0.6 is 0 Å². The molecule has 0 spiro atoms. The van der Waals surface area contributed by atoms with E-state index in [1.54, 1.807) is 0 Å². The summed E-state index contributed by atoms with van der Waals surface area (Å²) >= 11 is 0. The van der Waals surface area contributed by atoms with Crippen LogP contribution in [-0.2, 0) is 0 Å². The van der Waals surface area contributed by atoms with Crippen LogP contribution in [0.15, 0.2) is 5.28 Å². The Balaban J connectivity index is 4.68. The highest BCUT2D eigenvalue weighted by molar-refractivity contribution is 4.76. The molecule has 0 aliphatic carbocycles. The fraction of sp³-hybridized carbons (Fsp3) is 1.00. The van der Waals surface area contributed by atoms with E-state index in [0.29, 0.717) is 43.8 Å². The van der Waals surface area contributed by atoms with Gasteiger partial charge in [-0.05, 0) is 37.2 Å². The molecule has 102 valence electrons. The van der Waals surface area contributed by atoms with Gasteiger partial charge in [-0.3, -0.25) is 5.32 Å². The van der Waals surface area contributed by atoms with Crippen molar-refractivity contribution >= 4 is 0 Å². The molecule has 17 heavy (non-hydrogen) atoms. The molecule has 0 rings (SSSR count). The van der Waals surface area contributed by atoms with Crippen molar-refractivity contribution in [2.45, 2.75) is 44.7 Å². The summed E-state index contributed by atoms with van der Waals surface area (Å²) in [6.45, 7) is 3.66. The maximum atomic E-state index is 11.7. The predicted octanol–water partition coefficient (Wildman–Crippen LogP) is 0.512. The highest BCUT2D eigenvalue weighted by Gasteiger charge is 2.38. The Morgan fingerprint density at radius 2 is 1.94 bits per heavy atom. The van der Waals surface area contributed by atoms with Gasteiger partial charge in [0.2, 0.25) is 0 Å². The Morgan fingerprint density at radius 3 is 2.41 bits per heavy atom. The number of nitrogens with two attached hydrogens (primary N) is 2. The average molecular weight is 247 g/mol. The first-order chi connectivity index (χ1) is 8.16. The van der Waals surface area contributed by atoms with E-state index in [4.69, 9.17) is 16.7 Å². The molecule has 1 unspecified atom stereocenters. The Bertz CT molecular complexity index is 225. The van der Waals surface area contributed by atoms with E-state index in [0.717, 1.165) is 12.8 Å². The van der Waals surface area contributed by atoms with Gasteiger partial charge < -0.3 is 21.9 Å². The first-order valence-electron chi connectivity index (χ1n) is 6.14. The molecule has 0 aliphatic heterocycles. The van der Waals surface area contributed by atoms with E-state index in [2.05, 4.69) is 10.6 Å². The third-order valence-corrected chi connectivity index (χ3v) is 2.74. The fourth-order valence-corrected chi connectivity index (χ4v) is 1.88. The molecule has 6 N–H and O–H groups in total. The van der Waals surface area contributed by atoms with Crippen LogP contribution in [0.4, 0.5) is 0 Å². The Morgan fingerprint density at radius 1 is 1.29 bits per heavy atom. The molecule has 0 aliphatic rings. The molecule has 0 aromatic heterocycles. The van der Waals surface area contributed by atoms with Gasteiger partial charge in [0.25, 0.3) is 5.66 Å². The maximum absolute atomic E-state index is 11.7. The van der Waals surface area contributed by atoms with Crippen molar-refractivity contribution < 1.29 is 10.1 Å². The van der Waals surface area contributed by atoms with E-state index in [1.807, 2.05) is 6.92 Å². The normalized spacial score (nSPS) is 15.8. The first-order valence-corrected chi connectivity index (χ1v) is 6.14. The minimum atomic E-state index is -0.863. The van der Waals surface area contributed by atoms with E-state index in [9.17, 15) is 5.21 Å². The van der Waals surface area contributed by atoms with Crippen LogP contribution in [0.25, 0.3) is 0 Å². The highest BCUT2D eigenvalue weighted by Crippen LogP contribution is 2.21. The molecule has 7 nitrogen and oxygen atoms in total. The van der Waals surface area contributed by atoms with Crippen LogP contribution in [0.3, 0.4) is 0 Å². The summed E-state index contributed by atoms with van der Waals surface area (Å²) in [5.41, 5.74) is 10.0. The fourth-order valence-electron chi connectivity index (χ4n) is 1.88. The molecular weight excluding hydrogens is 222 g/mol. The van der Waals surface area contributed by atoms with Crippen LogP contribution in [0.1, 0.15) is 39.0 Å². The zero-order chi connectivity index (χ0) is 13.1. The molecular formula is C10H25N5O2. The van der Waals surface area contributed by atoms with Gasteiger partial charge in [0.15, 0.2) is 5.28 Å². The van der Waals surface area contributed by atoms with Gasteiger partial charge in [0.1, 0.15) is 0 Å². The quantitative estimate of drug-likeness (QED) is 0.147. The van der Waals surface area contributed by atoms with E-state index in [-0.39, 0.29) is 0 Å². The van der Waals surface area contributed by atoms with Gasteiger partial charge in [0, 0.05) is 19.4 Å². The molecule has 0 amide bonds. The lowest BCUT2D eigenvalue weighted by Crippen LogP contribution is -2.53. The van der Waals surface area contributed by atoms with Crippen LogP contribution < -0.4 is 16.8 Å². The predicted molar refractivity (Wildman–Crippen MR) is 65.4 cm³/mol. The number of nitrogens with one attached hydrogen (secondary N) is 1. The minimum Gasteiger partial charge on any atom is -0.596 e. The van der Waals surface area contributed by atoms with Crippen molar-refractivity contribution in [3.05, 3.63) is 5.21 Å². The van der Waals surface area contributed by atoms with Gasteiger partial charge in [-0.2, -0.15) is 0 Å².